The molecule has 0 bridgehead atoms. The van der Waals surface area contributed by atoms with Crippen molar-refractivity contribution in [2.75, 3.05) is 5.73 Å². The number of amides is 1. The zero-order valence-corrected chi connectivity index (χ0v) is 5.05. The molecule has 10 heavy (non-hydrogen) atoms. The van der Waals surface area contributed by atoms with Gasteiger partial charge in [-0.1, -0.05) is 0 Å². The summed E-state index contributed by atoms with van der Waals surface area (Å²) >= 11 is 0. The fourth-order valence-electron chi connectivity index (χ4n) is 0.911. The first-order chi connectivity index (χ1) is 4.77. The van der Waals surface area contributed by atoms with E-state index in [0.717, 1.165) is 0 Å². The van der Waals surface area contributed by atoms with Crippen LogP contribution in [-0.2, 0) is 6.54 Å². The van der Waals surface area contributed by atoms with Crippen LogP contribution in [-0.4, -0.2) is 10.9 Å². The van der Waals surface area contributed by atoms with E-state index in [4.69, 9.17) is 10.2 Å². The van der Waals surface area contributed by atoms with Gasteiger partial charge in [0.25, 0.3) is 11.9 Å². The van der Waals surface area contributed by atoms with Crippen LogP contribution >= 0.6 is 0 Å². The average Bonchev–Trinajstić information content (AvgIpc) is 2.35. The van der Waals surface area contributed by atoms with Crippen molar-refractivity contribution in [1.82, 2.24) is 10.3 Å². The smallest absolute Gasteiger partial charge is 0.292 e. The molecule has 0 aromatic carbocycles. The lowest BCUT2D eigenvalue weighted by molar-refractivity contribution is 0.0961. The second kappa shape index (κ2) is 1.50. The monoisotopic (exact) mass is 139 g/mol. The van der Waals surface area contributed by atoms with Crippen LogP contribution in [0.1, 0.15) is 16.2 Å². The first-order valence-electron chi connectivity index (χ1n) is 2.81. The van der Waals surface area contributed by atoms with Crippen molar-refractivity contribution in [3.8, 4) is 0 Å². The van der Waals surface area contributed by atoms with Crippen molar-refractivity contribution in [3.63, 3.8) is 0 Å². The van der Waals surface area contributed by atoms with Gasteiger partial charge >= 0.3 is 0 Å². The van der Waals surface area contributed by atoms with Crippen LogP contribution in [0.25, 0.3) is 0 Å². The first-order valence-corrected chi connectivity index (χ1v) is 2.81. The molecule has 0 saturated heterocycles. The molecule has 0 radical (unpaired) electrons. The van der Waals surface area contributed by atoms with E-state index in [2.05, 4.69) is 10.3 Å². The lowest BCUT2D eigenvalue weighted by Crippen LogP contribution is -2.13. The van der Waals surface area contributed by atoms with Gasteiger partial charge in [0.05, 0.1) is 6.54 Å². The van der Waals surface area contributed by atoms with Crippen LogP contribution in [0.5, 0.6) is 0 Å². The van der Waals surface area contributed by atoms with Gasteiger partial charge in [-0.15, -0.1) is 0 Å². The van der Waals surface area contributed by atoms with Crippen molar-refractivity contribution in [2.24, 2.45) is 0 Å². The fraction of sp³-hybridized carbons (Fsp3) is 0.200. The normalized spacial score (nSPS) is 15.0. The van der Waals surface area contributed by atoms with E-state index in [1.807, 2.05) is 0 Å². The SMILES string of the molecule is Nc1nc2c(o1)CNC2=O. The number of carbonyl (C=O) groups is 1. The lowest BCUT2D eigenvalue weighted by Gasteiger charge is -1.86. The summed E-state index contributed by atoms with van der Waals surface area (Å²) in [5, 5.41) is 2.54. The molecule has 2 heterocycles. The van der Waals surface area contributed by atoms with E-state index >= 15 is 0 Å². The molecule has 0 atom stereocenters. The molecule has 3 N–H and O–H groups in total. The predicted octanol–water partition coefficient (Wildman–Crippen LogP) is -0.500. The van der Waals surface area contributed by atoms with Gasteiger partial charge in [0.2, 0.25) is 0 Å². The number of nitrogens with one attached hydrogen (secondary N) is 1. The van der Waals surface area contributed by atoms with E-state index < -0.39 is 0 Å². The second-order valence-corrected chi connectivity index (χ2v) is 2.01. The number of anilines is 1. The Labute approximate surface area is 56.2 Å². The Morgan fingerprint density at radius 1 is 1.70 bits per heavy atom. The minimum Gasteiger partial charge on any atom is -0.426 e. The minimum atomic E-state index is -0.213. The molecule has 0 unspecified atom stereocenters. The third kappa shape index (κ3) is 0.513. The Morgan fingerprint density at radius 3 is 3.20 bits per heavy atom. The maximum absolute atomic E-state index is 10.8. The van der Waals surface area contributed by atoms with E-state index in [-0.39, 0.29) is 11.9 Å². The highest BCUT2D eigenvalue weighted by Gasteiger charge is 2.24. The van der Waals surface area contributed by atoms with Gasteiger partial charge in [-0.25, -0.2) is 0 Å². The molecule has 1 aliphatic rings. The number of oxazole rings is 1. The molecule has 0 spiro atoms. The summed E-state index contributed by atoms with van der Waals surface area (Å²) < 4.78 is 4.88. The Morgan fingerprint density at radius 2 is 2.50 bits per heavy atom. The van der Waals surface area contributed by atoms with Gasteiger partial charge in [0, 0.05) is 0 Å². The van der Waals surface area contributed by atoms with Gasteiger partial charge in [-0.3, -0.25) is 4.79 Å². The summed E-state index contributed by atoms with van der Waals surface area (Å²) in [5.74, 6) is 0.318. The highest BCUT2D eigenvalue weighted by Crippen LogP contribution is 2.16. The molecule has 0 fully saturated rings. The zero-order chi connectivity index (χ0) is 7.14. The van der Waals surface area contributed by atoms with Gasteiger partial charge in [-0.05, 0) is 0 Å². The van der Waals surface area contributed by atoms with Crippen molar-refractivity contribution in [2.45, 2.75) is 6.54 Å². The van der Waals surface area contributed by atoms with E-state index in [1.165, 1.54) is 0 Å². The van der Waals surface area contributed by atoms with Gasteiger partial charge < -0.3 is 15.5 Å². The summed E-state index contributed by atoms with van der Waals surface area (Å²) in [5.41, 5.74) is 5.51. The number of fused-ring (bicyclic) bond motifs is 1. The van der Waals surface area contributed by atoms with Crippen molar-refractivity contribution < 1.29 is 9.21 Å². The van der Waals surface area contributed by atoms with Gasteiger partial charge in [-0.2, -0.15) is 4.98 Å². The highest BCUT2D eigenvalue weighted by atomic mass is 16.4. The Bertz CT molecular complexity index is 291. The van der Waals surface area contributed by atoms with Crippen LogP contribution in [0.4, 0.5) is 6.01 Å². The van der Waals surface area contributed by atoms with Crippen LogP contribution in [0, 0.1) is 0 Å². The number of rotatable bonds is 0. The summed E-state index contributed by atoms with van der Waals surface area (Å²) in [6.07, 6.45) is 0. The third-order valence-corrected chi connectivity index (χ3v) is 1.34. The number of carbonyl (C=O) groups excluding carboxylic acids is 1. The average molecular weight is 139 g/mol. The van der Waals surface area contributed by atoms with Crippen molar-refractivity contribution >= 4 is 11.9 Å². The van der Waals surface area contributed by atoms with Gasteiger partial charge in [0.1, 0.15) is 0 Å². The largest absolute Gasteiger partial charge is 0.426 e. The van der Waals surface area contributed by atoms with Crippen LogP contribution in [0.2, 0.25) is 0 Å². The molecule has 0 saturated carbocycles. The fourth-order valence-corrected chi connectivity index (χ4v) is 0.911. The minimum absolute atomic E-state index is 0.0554. The molecule has 1 aromatic rings. The summed E-state index contributed by atoms with van der Waals surface area (Å²) in [6.45, 7) is 0.401. The first kappa shape index (κ1) is 5.28. The quantitative estimate of drug-likeness (QED) is 0.507. The standard InChI is InChI=1S/C5H5N3O2/c6-5-8-3-2(10-5)1-7-4(3)9/h1H2,(H2,6,8)(H,7,9). The maximum atomic E-state index is 10.8. The molecule has 0 aliphatic carbocycles. The molecular weight excluding hydrogens is 134 g/mol. The highest BCUT2D eigenvalue weighted by molar-refractivity contribution is 5.95. The number of hydrogen-bond donors (Lipinski definition) is 2. The molecule has 5 nitrogen and oxygen atoms in total. The summed E-state index contributed by atoms with van der Waals surface area (Å²) in [4.78, 5) is 14.5. The molecule has 1 aliphatic heterocycles. The number of nitrogen functional groups attached to an aromatic ring is 1. The number of nitrogens with two attached hydrogens (primary N) is 1. The molecule has 52 valence electrons. The van der Waals surface area contributed by atoms with Crippen LogP contribution in [0.15, 0.2) is 4.42 Å². The topological polar surface area (TPSA) is 81.2 Å². The van der Waals surface area contributed by atoms with Crippen LogP contribution < -0.4 is 11.1 Å². The van der Waals surface area contributed by atoms with E-state index in [0.29, 0.717) is 18.0 Å². The predicted molar refractivity (Wildman–Crippen MR) is 32.1 cm³/mol. The van der Waals surface area contributed by atoms with Gasteiger partial charge in [0.15, 0.2) is 11.5 Å². The molecule has 5 heteroatoms. The summed E-state index contributed by atoms with van der Waals surface area (Å²) in [7, 11) is 0. The zero-order valence-electron chi connectivity index (χ0n) is 5.05. The Kier molecular flexibility index (Phi) is 0.791. The van der Waals surface area contributed by atoms with E-state index in [1.54, 1.807) is 0 Å². The maximum Gasteiger partial charge on any atom is 0.292 e. The number of hydrogen-bond acceptors (Lipinski definition) is 4. The number of nitrogens with zero attached hydrogens (tertiary/aromatic N) is 1. The van der Waals surface area contributed by atoms with E-state index in [9.17, 15) is 4.79 Å². The van der Waals surface area contributed by atoms with Crippen molar-refractivity contribution in [3.05, 3.63) is 11.5 Å². The second-order valence-electron chi connectivity index (χ2n) is 2.01. The van der Waals surface area contributed by atoms with Crippen molar-refractivity contribution in [1.29, 1.82) is 0 Å². The molecular formula is C5H5N3O2. The Balaban J connectivity index is 2.59. The molecule has 1 amide bonds. The lowest BCUT2D eigenvalue weighted by atomic mass is 10.4. The molecule has 2 rings (SSSR count). The summed E-state index contributed by atoms with van der Waals surface area (Å²) in [6, 6.07) is 0.0554. The Hall–Kier alpha value is -1.52. The molecule has 1 aromatic heterocycles. The van der Waals surface area contributed by atoms with Crippen LogP contribution in [0.3, 0.4) is 0 Å². The number of aromatic nitrogens is 1. The third-order valence-electron chi connectivity index (χ3n) is 1.34.